The Morgan fingerprint density at radius 2 is 1.85 bits per heavy atom. The topological polar surface area (TPSA) is 20.3 Å². The van der Waals surface area contributed by atoms with Crippen LogP contribution in [-0.2, 0) is 0 Å². The molecular formula is C18H27NO. The van der Waals surface area contributed by atoms with Gasteiger partial charge in [0, 0.05) is 5.56 Å². The first-order valence-electron chi connectivity index (χ1n) is 7.77. The van der Waals surface area contributed by atoms with Crippen LogP contribution in [0.5, 0.6) is 0 Å². The second kappa shape index (κ2) is 6.53. The van der Waals surface area contributed by atoms with E-state index in [0.29, 0.717) is 12.0 Å². The molecule has 1 aliphatic heterocycles. The number of ketones is 1. The van der Waals surface area contributed by atoms with Crippen LogP contribution in [0.25, 0.3) is 0 Å². The molecule has 20 heavy (non-hydrogen) atoms. The van der Waals surface area contributed by atoms with Gasteiger partial charge >= 0.3 is 0 Å². The number of carbonyl (C=O) groups excluding carboxylic acids is 1. The number of benzene rings is 1. The summed E-state index contributed by atoms with van der Waals surface area (Å²) in [6, 6.07) is 9.66. The molecule has 1 aromatic carbocycles. The molecule has 0 saturated carbocycles. The van der Waals surface area contributed by atoms with Gasteiger partial charge in [0.15, 0.2) is 5.78 Å². The Hall–Kier alpha value is -1.15. The Balaban J connectivity index is 1.90. The van der Waals surface area contributed by atoms with Gasteiger partial charge in [-0.2, -0.15) is 0 Å². The van der Waals surface area contributed by atoms with Crippen LogP contribution in [0, 0.1) is 11.3 Å². The fourth-order valence-electron chi connectivity index (χ4n) is 3.10. The van der Waals surface area contributed by atoms with E-state index in [-0.39, 0.29) is 5.78 Å². The number of Topliss-reactive ketones (excluding diaryl/α,β-unsaturated/α-hetero) is 1. The predicted octanol–water partition coefficient (Wildman–Crippen LogP) is 4.02. The highest BCUT2D eigenvalue weighted by Crippen LogP contribution is 2.34. The van der Waals surface area contributed by atoms with Gasteiger partial charge in [0.25, 0.3) is 0 Å². The molecule has 1 aliphatic rings. The Morgan fingerprint density at radius 3 is 2.50 bits per heavy atom. The average molecular weight is 273 g/mol. The van der Waals surface area contributed by atoms with Crippen LogP contribution in [0.15, 0.2) is 30.3 Å². The van der Waals surface area contributed by atoms with E-state index in [4.69, 9.17) is 0 Å². The van der Waals surface area contributed by atoms with Crippen LogP contribution in [0.4, 0.5) is 0 Å². The summed E-state index contributed by atoms with van der Waals surface area (Å²) < 4.78 is 0. The van der Waals surface area contributed by atoms with Crippen LogP contribution in [-0.4, -0.2) is 30.3 Å². The largest absolute Gasteiger partial charge is 0.296 e. The lowest BCUT2D eigenvalue weighted by Gasteiger charge is -2.29. The summed E-state index contributed by atoms with van der Waals surface area (Å²) >= 11 is 0. The summed E-state index contributed by atoms with van der Waals surface area (Å²) in [6.07, 6.45) is 3.72. The van der Waals surface area contributed by atoms with Crippen molar-refractivity contribution in [1.82, 2.24) is 4.90 Å². The highest BCUT2D eigenvalue weighted by Gasteiger charge is 2.27. The minimum Gasteiger partial charge on any atom is -0.296 e. The number of likely N-dealkylation sites (tertiary alicyclic amines) is 1. The minimum absolute atomic E-state index is 0.250. The second-order valence-corrected chi connectivity index (χ2v) is 7.06. The molecule has 0 amide bonds. The first kappa shape index (κ1) is 15.2. The molecule has 110 valence electrons. The molecule has 1 atom stereocenters. The standard InChI is InChI=1S/C18H27NO/c1-18(2,3)16-10-7-12-19(13-11-16)14-17(20)15-8-5-4-6-9-15/h4-6,8-9,16H,7,10-14H2,1-3H3. The van der Waals surface area contributed by atoms with E-state index in [1.807, 2.05) is 30.3 Å². The fraction of sp³-hybridized carbons (Fsp3) is 0.611. The highest BCUT2D eigenvalue weighted by atomic mass is 16.1. The van der Waals surface area contributed by atoms with Crippen molar-refractivity contribution in [1.29, 1.82) is 0 Å². The number of hydrogen-bond acceptors (Lipinski definition) is 2. The third-order valence-electron chi connectivity index (χ3n) is 4.51. The maximum absolute atomic E-state index is 12.3. The van der Waals surface area contributed by atoms with E-state index in [2.05, 4.69) is 25.7 Å². The van der Waals surface area contributed by atoms with Crippen LogP contribution < -0.4 is 0 Å². The molecule has 1 unspecified atom stereocenters. The summed E-state index contributed by atoms with van der Waals surface area (Å²) in [6.45, 7) is 9.69. The minimum atomic E-state index is 0.250. The molecule has 2 heteroatoms. The fourth-order valence-corrected chi connectivity index (χ4v) is 3.10. The van der Waals surface area contributed by atoms with Gasteiger partial charge in [-0.15, -0.1) is 0 Å². The molecule has 0 radical (unpaired) electrons. The third kappa shape index (κ3) is 4.17. The maximum Gasteiger partial charge on any atom is 0.176 e. The number of rotatable bonds is 3. The van der Waals surface area contributed by atoms with Crippen molar-refractivity contribution in [2.45, 2.75) is 40.0 Å². The van der Waals surface area contributed by atoms with Crippen molar-refractivity contribution < 1.29 is 4.79 Å². The van der Waals surface area contributed by atoms with Gasteiger partial charge in [0.1, 0.15) is 0 Å². The van der Waals surface area contributed by atoms with Gasteiger partial charge in [-0.1, -0.05) is 51.1 Å². The van der Waals surface area contributed by atoms with E-state index in [1.165, 1.54) is 19.3 Å². The zero-order valence-electron chi connectivity index (χ0n) is 13.1. The summed E-state index contributed by atoms with van der Waals surface area (Å²) in [5, 5.41) is 0. The first-order valence-corrected chi connectivity index (χ1v) is 7.77. The highest BCUT2D eigenvalue weighted by molar-refractivity contribution is 5.97. The van der Waals surface area contributed by atoms with E-state index < -0.39 is 0 Å². The second-order valence-electron chi connectivity index (χ2n) is 7.06. The van der Waals surface area contributed by atoms with Crippen LogP contribution in [0.2, 0.25) is 0 Å². The molecule has 0 N–H and O–H groups in total. The SMILES string of the molecule is CC(C)(C)C1CCCN(CC(=O)c2ccccc2)CC1. The zero-order valence-corrected chi connectivity index (χ0v) is 13.1. The lowest BCUT2D eigenvalue weighted by Crippen LogP contribution is -2.31. The van der Waals surface area contributed by atoms with Crippen molar-refractivity contribution in [3.8, 4) is 0 Å². The molecule has 0 spiro atoms. The van der Waals surface area contributed by atoms with Gasteiger partial charge in [0.05, 0.1) is 6.54 Å². The van der Waals surface area contributed by atoms with E-state index >= 15 is 0 Å². The normalized spacial score (nSPS) is 21.4. The van der Waals surface area contributed by atoms with Crippen molar-refractivity contribution in [2.75, 3.05) is 19.6 Å². The van der Waals surface area contributed by atoms with Crippen LogP contribution >= 0.6 is 0 Å². The van der Waals surface area contributed by atoms with Crippen LogP contribution in [0.1, 0.15) is 50.4 Å². The predicted molar refractivity (Wildman–Crippen MR) is 84.0 cm³/mol. The first-order chi connectivity index (χ1) is 9.47. The lowest BCUT2D eigenvalue weighted by atomic mass is 9.77. The smallest absolute Gasteiger partial charge is 0.176 e. The zero-order chi connectivity index (χ0) is 14.6. The Bertz CT molecular complexity index is 432. The van der Waals surface area contributed by atoms with Gasteiger partial charge < -0.3 is 0 Å². The van der Waals surface area contributed by atoms with Gasteiger partial charge in [-0.25, -0.2) is 0 Å². The van der Waals surface area contributed by atoms with Gasteiger partial charge in [-0.3, -0.25) is 9.69 Å². The monoisotopic (exact) mass is 273 g/mol. The van der Waals surface area contributed by atoms with Crippen LogP contribution in [0.3, 0.4) is 0 Å². The third-order valence-corrected chi connectivity index (χ3v) is 4.51. The van der Waals surface area contributed by atoms with Gasteiger partial charge in [-0.05, 0) is 43.7 Å². The van der Waals surface area contributed by atoms with Crippen molar-refractivity contribution in [3.63, 3.8) is 0 Å². The molecule has 2 nitrogen and oxygen atoms in total. The average Bonchev–Trinajstić information content (AvgIpc) is 2.65. The molecule has 1 saturated heterocycles. The Morgan fingerprint density at radius 1 is 1.15 bits per heavy atom. The Kier molecular flexibility index (Phi) is 4.98. The lowest BCUT2D eigenvalue weighted by molar-refractivity contribution is 0.0930. The summed E-state index contributed by atoms with van der Waals surface area (Å²) in [5.41, 5.74) is 1.23. The Labute approximate surface area is 123 Å². The van der Waals surface area contributed by atoms with Gasteiger partial charge in [0.2, 0.25) is 0 Å². The summed E-state index contributed by atoms with van der Waals surface area (Å²) in [5.74, 6) is 1.03. The van der Waals surface area contributed by atoms with Crippen molar-refractivity contribution >= 4 is 5.78 Å². The molecule has 2 rings (SSSR count). The molecular weight excluding hydrogens is 246 g/mol. The molecule has 1 heterocycles. The number of hydrogen-bond donors (Lipinski definition) is 0. The van der Waals surface area contributed by atoms with E-state index in [1.54, 1.807) is 0 Å². The maximum atomic E-state index is 12.3. The molecule has 1 fully saturated rings. The van der Waals surface area contributed by atoms with Crippen molar-refractivity contribution in [2.24, 2.45) is 11.3 Å². The summed E-state index contributed by atoms with van der Waals surface area (Å²) in [4.78, 5) is 14.6. The van der Waals surface area contributed by atoms with E-state index in [0.717, 1.165) is 24.6 Å². The molecule has 0 aromatic heterocycles. The van der Waals surface area contributed by atoms with E-state index in [9.17, 15) is 4.79 Å². The number of nitrogens with zero attached hydrogens (tertiary/aromatic N) is 1. The summed E-state index contributed by atoms with van der Waals surface area (Å²) in [7, 11) is 0. The molecule has 0 aliphatic carbocycles. The van der Waals surface area contributed by atoms with Crippen molar-refractivity contribution in [3.05, 3.63) is 35.9 Å². The quantitative estimate of drug-likeness (QED) is 0.775. The number of carbonyl (C=O) groups is 1. The molecule has 0 bridgehead atoms. The molecule has 1 aromatic rings.